The molecule has 1 aliphatic rings. The Kier molecular flexibility index (Phi) is 4.67. The molecular weight excluding hydrogens is 238 g/mol. The normalized spacial score (nSPS) is 22.2. The average molecular weight is 256 g/mol. The van der Waals surface area contributed by atoms with Crippen LogP contribution in [0.3, 0.4) is 0 Å². The molecule has 0 aliphatic heterocycles. The van der Waals surface area contributed by atoms with E-state index in [4.69, 9.17) is 0 Å². The van der Waals surface area contributed by atoms with Gasteiger partial charge in [-0.25, -0.2) is 8.78 Å². The van der Waals surface area contributed by atoms with Gasteiger partial charge in [0.05, 0.1) is 12.9 Å². The maximum absolute atomic E-state index is 12.8. The molecular formula is C10H18F2O3S. The Morgan fingerprint density at radius 2 is 1.88 bits per heavy atom. The van der Waals surface area contributed by atoms with Crippen molar-refractivity contribution in [3.05, 3.63) is 0 Å². The van der Waals surface area contributed by atoms with Gasteiger partial charge in [-0.2, -0.15) is 8.42 Å². The summed E-state index contributed by atoms with van der Waals surface area (Å²) in [5.74, 6) is -2.19. The highest BCUT2D eigenvalue weighted by atomic mass is 32.2. The Hall–Kier alpha value is -0.230. The van der Waals surface area contributed by atoms with Crippen LogP contribution < -0.4 is 0 Å². The van der Waals surface area contributed by atoms with E-state index in [1.807, 2.05) is 0 Å². The molecule has 0 unspecified atom stereocenters. The summed E-state index contributed by atoms with van der Waals surface area (Å²) in [7, 11) is -3.37. The lowest BCUT2D eigenvalue weighted by Crippen LogP contribution is -2.24. The molecule has 0 amide bonds. The first kappa shape index (κ1) is 13.8. The molecule has 1 saturated carbocycles. The first-order valence-electron chi connectivity index (χ1n) is 5.51. The second-order valence-corrected chi connectivity index (χ2v) is 6.11. The lowest BCUT2D eigenvalue weighted by atomic mass is 9.84. The summed E-state index contributed by atoms with van der Waals surface area (Å²) in [6.07, 6.45) is 3.38. The van der Waals surface area contributed by atoms with Crippen molar-refractivity contribution < 1.29 is 21.4 Å². The second kappa shape index (κ2) is 5.40. The number of rotatable bonds is 5. The monoisotopic (exact) mass is 256 g/mol. The molecule has 0 heterocycles. The van der Waals surface area contributed by atoms with Gasteiger partial charge >= 0.3 is 0 Å². The maximum Gasteiger partial charge on any atom is 0.264 e. The molecule has 1 rings (SSSR count). The third-order valence-corrected chi connectivity index (χ3v) is 3.49. The van der Waals surface area contributed by atoms with E-state index >= 15 is 0 Å². The number of halogens is 2. The summed E-state index contributed by atoms with van der Waals surface area (Å²) in [6, 6.07) is 0. The van der Waals surface area contributed by atoms with Crippen LogP contribution >= 0.6 is 0 Å². The summed E-state index contributed by atoms with van der Waals surface area (Å²) in [5.41, 5.74) is 0. The molecule has 0 aromatic rings. The number of hydrogen-bond donors (Lipinski definition) is 0. The molecule has 1 fully saturated rings. The SMILES string of the molecule is CS(=O)(=O)OCCCC1CCC(F)(F)CC1. The smallest absolute Gasteiger partial charge is 0.264 e. The number of alkyl halides is 2. The quantitative estimate of drug-likeness (QED) is 0.561. The molecule has 0 saturated heterocycles. The van der Waals surface area contributed by atoms with Crippen molar-refractivity contribution in [3.63, 3.8) is 0 Å². The van der Waals surface area contributed by atoms with Gasteiger partial charge in [0.15, 0.2) is 0 Å². The van der Waals surface area contributed by atoms with E-state index in [9.17, 15) is 17.2 Å². The Morgan fingerprint density at radius 1 is 1.31 bits per heavy atom. The zero-order valence-electron chi connectivity index (χ0n) is 9.42. The van der Waals surface area contributed by atoms with Crippen molar-refractivity contribution in [3.8, 4) is 0 Å². The van der Waals surface area contributed by atoms with Crippen LogP contribution in [0, 0.1) is 5.92 Å². The van der Waals surface area contributed by atoms with Gasteiger partial charge in [0.25, 0.3) is 10.1 Å². The Balaban J connectivity index is 2.11. The molecule has 0 aromatic heterocycles. The van der Waals surface area contributed by atoms with Gasteiger partial charge in [0.2, 0.25) is 5.92 Å². The number of hydrogen-bond acceptors (Lipinski definition) is 3. The molecule has 1 aliphatic carbocycles. The highest BCUT2D eigenvalue weighted by molar-refractivity contribution is 7.85. The average Bonchev–Trinajstić information content (AvgIpc) is 2.13. The molecule has 16 heavy (non-hydrogen) atoms. The molecule has 96 valence electrons. The van der Waals surface area contributed by atoms with Crippen molar-refractivity contribution in [2.24, 2.45) is 5.92 Å². The van der Waals surface area contributed by atoms with Crippen molar-refractivity contribution in [2.75, 3.05) is 12.9 Å². The summed E-state index contributed by atoms with van der Waals surface area (Å²) in [5, 5.41) is 0. The summed E-state index contributed by atoms with van der Waals surface area (Å²) in [4.78, 5) is 0. The molecule has 6 heteroatoms. The highest BCUT2D eigenvalue weighted by Gasteiger charge is 2.34. The predicted molar refractivity (Wildman–Crippen MR) is 56.9 cm³/mol. The van der Waals surface area contributed by atoms with Crippen LogP contribution in [-0.2, 0) is 14.3 Å². The Labute approximate surface area is 95.3 Å². The third-order valence-electron chi connectivity index (χ3n) is 2.89. The van der Waals surface area contributed by atoms with E-state index in [2.05, 4.69) is 4.18 Å². The lowest BCUT2D eigenvalue weighted by Gasteiger charge is -2.28. The van der Waals surface area contributed by atoms with Crippen LogP contribution in [0.4, 0.5) is 8.78 Å². The lowest BCUT2D eigenvalue weighted by molar-refractivity contribution is -0.0468. The van der Waals surface area contributed by atoms with E-state index in [-0.39, 0.29) is 19.4 Å². The van der Waals surface area contributed by atoms with Crippen molar-refractivity contribution >= 4 is 10.1 Å². The van der Waals surface area contributed by atoms with Gasteiger partial charge in [0.1, 0.15) is 0 Å². The van der Waals surface area contributed by atoms with Crippen LogP contribution in [-0.4, -0.2) is 27.2 Å². The van der Waals surface area contributed by atoms with Crippen LogP contribution in [0.1, 0.15) is 38.5 Å². The zero-order chi connectivity index (χ0) is 12.2. The third kappa shape index (κ3) is 5.75. The van der Waals surface area contributed by atoms with E-state index in [0.717, 1.165) is 12.7 Å². The van der Waals surface area contributed by atoms with Gasteiger partial charge in [-0.15, -0.1) is 0 Å². The minimum atomic E-state index is -3.37. The van der Waals surface area contributed by atoms with Gasteiger partial charge in [0, 0.05) is 12.8 Å². The van der Waals surface area contributed by atoms with E-state index in [1.54, 1.807) is 0 Å². The minimum absolute atomic E-state index is 0.0371. The largest absolute Gasteiger partial charge is 0.270 e. The summed E-state index contributed by atoms with van der Waals surface area (Å²) in [6.45, 7) is 0.158. The van der Waals surface area contributed by atoms with Gasteiger partial charge in [-0.3, -0.25) is 4.18 Å². The van der Waals surface area contributed by atoms with Crippen LogP contribution in [0.25, 0.3) is 0 Å². The second-order valence-electron chi connectivity index (χ2n) is 4.47. The predicted octanol–water partition coefficient (Wildman–Crippen LogP) is 2.57. The van der Waals surface area contributed by atoms with Crippen molar-refractivity contribution in [1.82, 2.24) is 0 Å². The standard InChI is InChI=1S/C10H18F2O3S/c1-16(13,14)15-8-2-3-9-4-6-10(11,12)7-5-9/h9H,2-8H2,1H3. The highest BCUT2D eigenvalue weighted by Crippen LogP contribution is 2.37. The Bertz CT molecular complexity index is 304. The fourth-order valence-electron chi connectivity index (χ4n) is 1.97. The fraction of sp³-hybridized carbons (Fsp3) is 1.00. The summed E-state index contributed by atoms with van der Waals surface area (Å²) < 4.78 is 51.5. The van der Waals surface area contributed by atoms with E-state index in [1.165, 1.54) is 0 Å². The van der Waals surface area contributed by atoms with E-state index in [0.29, 0.717) is 25.2 Å². The first-order chi connectivity index (χ1) is 7.29. The van der Waals surface area contributed by atoms with Gasteiger partial charge < -0.3 is 0 Å². The van der Waals surface area contributed by atoms with E-state index < -0.39 is 16.0 Å². The molecule has 0 atom stereocenters. The molecule has 0 N–H and O–H groups in total. The van der Waals surface area contributed by atoms with Gasteiger partial charge in [-0.05, 0) is 31.6 Å². The van der Waals surface area contributed by atoms with Crippen LogP contribution in [0.2, 0.25) is 0 Å². The minimum Gasteiger partial charge on any atom is -0.270 e. The fourth-order valence-corrected chi connectivity index (χ4v) is 2.39. The summed E-state index contributed by atoms with van der Waals surface area (Å²) >= 11 is 0. The first-order valence-corrected chi connectivity index (χ1v) is 7.32. The van der Waals surface area contributed by atoms with Crippen molar-refractivity contribution in [1.29, 1.82) is 0 Å². The van der Waals surface area contributed by atoms with Crippen molar-refractivity contribution in [2.45, 2.75) is 44.4 Å². The van der Waals surface area contributed by atoms with Gasteiger partial charge in [-0.1, -0.05) is 0 Å². The molecule has 0 radical (unpaired) electrons. The maximum atomic E-state index is 12.8. The zero-order valence-corrected chi connectivity index (χ0v) is 10.2. The Morgan fingerprint density at radius 3 is 2.38 bits per heavy atom. The topological polar surface area (TPSA) is 43.4 Å². The molecule has 3 nitrogen and oxygen atoms in total. The molecule has 0 bridgehead atoms. The van der Waals surface area contributed by atoms with Crippen LogP contribution in [0.5, 0.6) is 0 Å². The van der Waals surface area contributed by atoms with Crippen LogP contribution in [0.15, 0.2) is 0 Å². The molecule has 0 spiro atoms. The molecule has 0 aromatic carbocycles.